The molecule has 0 saturated heterocycles. The van der Waals surface area contributed by atoms with E-state index in [1.165, 1.54) is 27.8 Å². The molecule has 2 atom stereocenters. The van der Waals surface area contributed by atoms with Gasteiger partial charge in [0.1, 0.15) is 5.75 Å². The van der Waals surface area contributed by atoms with Crippen LogP contribution in [0.4, 0.5) is 0 Å². The molecule has 2 aliphatic rings. The van der Waals surface area contributed by atoms with Crippen LogP contribution in [0.25, 0.3) is 0 Å². The van der Waals surface area contributed by atoms with Gasteiger partial charge in [0.05, 0.1) is 21.3 Å². The lowest BCUT2D eigenvalue weighted by Gasteiger charge is -2.39. The van der Waals surface area contributed by atoms with Crippen molar-refractivity contribution in [2.45, 2.75) is 65.3 Å². The number of nitrogens with zero attached hydrogens (tertiary/aromatic N) is 2. The van der Waals surface area contributed by atoms with Crippen LogP contribution in [0.15, 0.2) is 66.7 Å². The second-order valence-corrected chi connectivity index (χ2v) is 13.5. The van der Waals surface area contributed by atoms with Gasteiger partial charge in [-0.05, 0) is 147 Å². The van der Waals surface area contributed by atoms with E-state index in [4.69, 9.17) is 18.9 Å². The summed E-state index contributed by atoms with van der Waals surface area (Å²) in [6, 6.07) is 23.0. The van der Waals surface area contributed by atoms with E-state index in [1.807, 2.05) is 31.8 Å². The lowest BCUT2D eigenvalue weighted by Crippen LogP contribution is -2.45. The Kier molecular flexibility index (Phi) is 10.6. The van der Waals surface area contributed by atoms with E-state index in [1.54, 1.807) is 21.3 Å². The van der Waals surface area contributed by atoms with Gasteiger partial charge >= 0.3 is 14.1 Å². The largest absolute Gasteiger partial charge is 0.493 e. The van der Waals surface area contributed by atoms with Gasteiger partial charge in [-0.25, -0.2) is 0 Å². The van der Waals surface area contributed by atoms with Gasteiger partial charge in [-0.1, -0.05) is 30.3 Å². The summed E-state index contributed by atoms with van der Waals surface area (Å²) in [5.74, 6) is 3.41. The van der Waals surface area contributed by atoms with Gasteiger partial charge in [0.15, 0.2) is 23.0 Å². The van der Waals surface area contributed by atoms with Crippen molar-refractivity contribution in [2.24, 2.45) is 0 Å². The summed E-state index contributed by atoms with van der Waals surface area (Å²) in [7, 11) is 3.83. The third-order valence-corrected chi connectivity index (χ3v) is 10.4. The first-order valence-corrected chi connectivity index (χ1v) is 17.3. The van der Waals surface area contributed by atoms with Crippen LogP contribution in [-0.2, 0) is 25.7 Å². The molecule has 0 fully saturated rings. The lowest BCUT2D eigenvalue weighted by atomic mass is 9.76. The standard InChI is InChI=1S/C39H48B2N2O6/c1-25-17-29-13-15-42(40(3)44)34(32(29)18-26(25)2)21-28-11-12-36(37(22-28)46-5)49-31-10-8-9-27(19-31)20-35-33-24-39(48-7)38(47-6)23-30(33)14-16-43(35)41(4)45/h8-12,17-19,22-24,34-35,44-45H,13-16,20-21H2,1-7H3/t34-,35-/m1/s1. The lowest BCUT2D eigenvalue weighted by molar-refractivity contribution is 0.268. The Morgan fingerprint density at radius 2 is 1.16 bits per heavy atom. The molecule has 0 saturated carbocycles. The first kappa shape index (κ1) is 34.9. The summed E-state index contributed by atoms with van der Waals surface area (Å²) < 4.78 is 23.5. The van der Waals surface area contributed by atoms with Gasteiger partial charge < -0.3 is 38.6 Å². The quantitative estimate of drug-likeness (QED) is 0.174. The maximum Gasteiger partial charge on any atom is 0.376 e. The normalized spacial score (nSPS) is 17.6. The molecule has 0 unspecified atom stereocenters. The third kappa shape index (κ3) is 7.33. The van der Waals surface area contributed by atoms with Crippen molar-refractivity contribution in [1.29, 1.82) is 0 Å². The van der Waals surface area contributed by atoms with E-state index >= 15 is 0 Å². The van der Waals surface area contributed by atoms with Crippen molar-refractivity contribution in [3.8, 4) is 28.7 Å². The highest BCUT2D eigenvalue weighted by molar-refractivity contribution is 6.45. The van der Waals surface area contributed by atoms with E-state index in [-0.39, 0.29) is 12.1 Å². The molecule has 10 heteroatoms. The highest BCUT2D eigenvalue weighted by Crippen LogP contribution is 2.41. The van der Waals surface area contributed by atoms with E-state index < -0.39 is 14.1 Å². The average molecular weight is 662 g/mol. The molecule has 4 aromatic carbocycles. The van der Waals surface area contributed by atoms with Gasteiger partial charge in [0.25, 0.3) is 0 Å². The molecule has 6 rings (SSSR count). The zero-order chi connectivity index (χ0) is 34.8. The molecule has 2 aliphatic heterocycles. The van der Waals surface area contributed by atoms with Gasteiger partial charge in [-0.15, -0.1) is 0 Å². The van der Waals surface area contributed by atoms with Gasteiger partial charge in [-0.3, -0.25) is 0 Å². The Morgan fingerprint density at radius 3 is 1.78 bits per heavy atom. The number of methoxy groups -OCH3 is 3. The minimum atomic E-state index is -0.601. The maximum absolute atomic E-state index is 10.7. The smallest absolute Gasteiger partial charge is 0.376 e. The summed E-state index contributed by atoms with van der Waals surface area (Å²) >= 11 is 0. The van der Waals surface area contributed by atoms with Crippen molar-refractivity contribution >= 4 is 14.1 Å². The summed E-state index contributed by atoms with van der Waals surface area (Å²) in [5.41, 5.74) is 9.77. The number of aryl methyl sites for hydroxylation is 2. The number of benzene rings is 4. The zero-order valence-corrected chi connectivity index (χ0v) is 29.8. The highest BCUT2D eigenvalue weighted by Gasteiger charge is 2.34. The Labute approximate surface area is 291 Å². The number of ether oxygens (including phenoxy) is 4. The van der Waals surface area contributed by atoms with Crippen molar-refractivity contribution in [3.05, 3.63) is 111 Å². The third-order valence-electron chi connectivity index (χ3n) is 10.4. The van der Waals surface area contributed by atoms with Crippen LogP contribution in [0.5, 0.6) is 28.7 Å². The van der Waals surface area contributed by atoms with E-state index in [0.717, 1.165) is 54.8 Å². The maximum atomic E-state index is 10.7. The van der Waals surface area contributed by atoms with Gasteiger partial charge in [0, 0.05) is 12.1 Å². The van der Waals surface area contributed by atoms with E-state index in [9.17, 15) is 10.0 Å². The van der Waals surface area contributed by atoms with Crippen molar-refractivity contribution in [3.63, 3.8) is 0 Å². The zero-order valence-electron chi connectivity index (χ0n) is 29.8. The van der Waals surface area contributed by atoms with Gasteiger partial charge in [-0.2, -0.15) is 0 Å². The van der Waals surface area contributed by atoms with Crippen molar-refractivity contribution < 1.29 is 29.0 Å². The Bertz CT molecular complexity index is 1800. The average Bonchev–Trinajstić information content (AvgIpc) is 3.09. The Morgan fingerprint density at radius 1 is 0.633 bits per heavy atom. The van der Waals surface area contributed by atoms with Crippen LogP contribution in [0, 0.1) is 13.8 Å². The number of fused-ring (bicyclic) bond motifs is 2. The topological polar surface area (TPSA) is 83.9 Å². The molecular weight excluding hydrogens is 614 g/mol. The molecule has 256 valence electrons. The van der Waals surface area contributed by atoms with Gasteiger partial charge in [0.2, 0.25) is 0 Å². The number of rotatable bonds is 11. The minimum absolute atomic E-state index is 0.0496. The predicted molar refractivity (Wildman–Crippen MR) is 196 cm³/mol. The number of hydrogen-bond acceptors (Lipinski definition) is 8. The molecule has 0 spiro atoms. The Hall–Kier alpha value is -3.95. The van der Waals surface area contributed by atoms with E-state index in [0.29, 0.717) is 29.4 Å². The number of hydrogen-bond donors (Lipinski definition) is 2. The summed E-state index contributed by atoms with van der Waals surface area (Å²) in [4.78, 5) is 4.32. The molecule has 0 aromatic heterocycles. The molecule has 2 heterocycles. The molecule has 0 bridgehead atoms. The second kappa shape index (κ2) is 14.9. The van der Waals surface area contributed by atoms with Crippen LogP contribution < -0.4 is 18.9 Å². The van der Waals surface area contributed by atoms with Crippen LogP contribution in [-0.4, -0.2) is 68.2 Å². The summed E-state index contributed by atoms with van der Waals surface area (Å²) in [6.07, 6.45) is 3.17. The fourth-order valence-corrected chi connectivity index (χ4v) is 7.64. The Balaban J connectivity index is 1.24. The van der Waals surface area contributed by atoms with Crippen LogP contribution in [0.1, 0.15) is 56.6 Å². The van der Waals surface area contributed by atoms with E-state index in [2.05, 4.69) is 72.0 Å². The summed E-state index contributed by atoms with van der Waals surface area (Å²) in [5, 5.41) is 21.4. The molecule has 8 nitrogen and oxygen atoms in total. The van der Waals surface area contributed by atoms with Crippen molar-refractivity contribution in [1.82, 2.24) is 9.62 Å². The minimum Gasteiger partial charge on any atom is -0.493 e. The van der Waals surface area contributed by atoms with Crippen molar-refractivity contribution in [2.75, 3.05) is 34.4 Å². The fraction of sp³-hybridized carbons (Fsp3) is 0.385. The molecule has 4 aromatic rings. The molecular formula is C39H48B2N2O6. The highest BCUT2D eigenvalue weighted by atomic mass is 16.5. The predicted octanol–water partition coefficient (Wildman–Crippen LogP) is 6.63. The summed E-state index contributed by atoms with van der Waals surface area (Å²) in [6.45, 7) is 9.56. The molecule has 2 N–H and O–H groups in total. The molecule has 0 radical (unpaired) electrons. The molecule has 49 heavy (non-hydrogen) atoms. The second-order valence-electron chi connectivity index (χ2n) is 13.5. The molecule has 0 aliphatic carbocycles. The van der Waals surface area contributed by atoms with Crippen LogP contribution >= 0.6 is 0 Å². The van der Waals surface area contributed by atoms with Crippen LogP contribution in [0.2, 0.25) is 13.6 Å². The first-order valence-electron chi connectivity index (χ1n) is 17.3. The SMILES string of the molecule is COc1cc2c(cc1OC)[C@@H](Cc1cccc(Oc3ccc(C[C@@H]4c5cc(C)c(C)cc5CCN4B(C)O)cc3OC)c1)N(B(C)O)CC2. The first-order chi connectivity index (χ1) is 23.6. The van der Waals surface area contributed by atoms with Crippen LogP contribution in [0.3, 0.4) is 0 Å². The fourth-order valence-electron chi connectivity index (χ4n) is 7.64. The molecule has 0 amide bonds. The monoisotopic (exact) mass is 662 g/mol.